The van der Waals surface area contributed by atoms with Crippen molar-refractivity contribution in [1.82, 2.24) is 10.2 Å². The minimum Gasteiger partial charge on any atom is -0.497 e. The summed E-state index contributed by atoms with van der Waals surface area (Å²) in [6.45, 7) is 7.56. The first-order valence-electron chi connectivity index (χ1n) is 13.0. The van der Waals surface area contributed by atoms with Crippen LogP contribution in [0.3, 0.4) is 0 Å². The van der Waals surface area contributed by atoms with E-state index >= 15 is 0 Å². The smallest absolute Gasteiger partial charge is 0.264 e. The number of rotatable bonds is 12. The van der Waals surface area contributed by atoms with E-state index in [2.05, 4.69) is 19.2 Å². The summed E-state index contributed by atoms with van der Waals surface area (Å²) < 4.78 is 34.1. The zero-order chi connectivity index (χ0) is 28.6. The zero-order valence-corrected chi connectivity index (χ0v) is 23.9. The molecule has 3 rings (SSSR count). The third kappa shape index (κ3) is 7.38. The van der Waals surface area contributed by atoms with Gasteiger partial charge >= 0.3 is 0 Å². The second-order valence-electron chi connectivity index (χ2n) is 9.51. The molecule has 9 heteroatoms. The SMILES string of the molecule is CCNC(=O)[C@H](C)N(Cc1cccc(OC)c1)C(=O)CN(c1ccc(C(C)C)cc1)S(=O)(=O)c1ccccc1. The van der Waals surface area contributed by atoms with Crippen LogP contribution in [0.25, 0.3) is 0 Å². The van der Waals surface area contributed by atoms with Crippen molar-refractivity contribution in [2.75, 3.05) is 24.5 Å². The molecule has 208 valence electrons. The van der Waals surface area contributed by atoms with Crippen LogP contribution in [0.2, 0.25) is 0 Å². The number of carbonyl (C=O) groups excluding carboxylic acids is 2. The maximum Gasteiger partial charge on any atom is 0.264 e. The first kappa shape index (κ1) is 29.7. The van der Waals surface area contributed by atoms with Crippen molar-refractivity contribution >= 4 is 27.5 Å². The fourth-order valence-corrected chi connectivity index (χ4v) is 5.58. The van der Waals surface area contributed by atoms with Crippen molar-refractivity contribution in [1.29, 1.82) is 0 Å². The topological polar surface area (TPSA) is 96.0 Å². The van der Waals surface area contributed by atoms with Gasteiger partial charge in [-0.1, -0.05) is 56.3 Å². The third-order valence-electron chi connectivity index (χ3n) is 6.46. The number of hydrogen-bond donors (Lipinski definition) is 1. The first-order chi connectivity index (χ1) is 18.6. The molecule has 0 bridgehead atoms. The summed E-state index contributed by atoms with van der Waals surface area (Å²) >= 11 is 0. The van der Waals surface area contributed by atoms with E-state index in [0.717, 1.165) is 15.4 Å². The standard InChI is InChI=1S/C30H37N3O5S/c1-6-31-30(35)23(4)32(20-24-11-10-12-27(19-24)38-5)29(34)21-33(26-17-15-25(16-18-26)22(2)3)39(36,37)28-13-8-7-9-14-28/h7-19,22-23H,6,20-21H2,1-5H3,(H,31,35)/t23-/m0/s1. The van der Waals surface area contributed by atoms with Gasteiger partial charge in [0.25, 0.3) is 10.0 Å². The molecule has 0 spiro atoms. The summed E-state index contributed by atoms with van der Waals surface area (Å²) in [5, 5.41) is 2.76. The molecule has 8 nitrogen and oxygen atoms in total. The van der Waals surface area contributed by atoms with Crippen LogP contribution in [0.4, 0.5) is 5.69 Å². The fourth-order valence-electron chi connectivity index (χ4n) is 4.15. The molecule has 2 amide bonds. The van der Waals surface area contributed by atoms with E-state index in [1.807, 2.05) is 18.2 Å². The number of anilines is 1. The van der Waals surface area contributed by atoms with Crippen LogP contribution in [-0.2, 0) is 26.2 Å². The van der Waals surface area contributed by atoms with Crippen molar-refractivity contribution in [3.8, 4) is 5.75 Å². The minimum absolute atomic E-state index is 0.0712. The molecule has 3 aromatic carbocycles. The lowest BCUT2D eigenvalue weighted by Crippen LogP contribution is -2.51. The molecule has 1 N–H and O–H groups in total. The maximum atomic E-state index is 13.9. The van der Waals surface area contributed by atoms with Crippen molar-refractivity contribution < 1.29 is 22.7 Å². The summed E-state index contributed by atoms with van der Waals surface area (Å²) in [5.41, 5.74) is 2.16. The summed E-state index contributed by atoms with van der Waals surface area (Å²) in [5.74, 6) is 0.0387. The quantitative estimate of drug-likeness (QED) is 0.356. The Hall–Kier alpha value is -3.85. The Kier molecular flexibility index (Phi) is 10.1. The van der Waals surface area contributed by atoms with Gasteiger partial charge in [-0.3, -0.25) is 13.9 Å². The molecule has 1 atom stereocenters. The molecular weight excluding hydrogens is 514 g/mol. The van der Waals surface area contributed by atoms with Gasteiger partial charge in [-0.15, -0.1) is 0 Å². The summed E-state index contributed by atoms with van der Waals surface area (Å²) in [6.07, 6.45) is 0. The minimum atomic E-state index is -4.09. The molecule has 0 heterocycles. The van der Waals surface area contributed by atoms with Crippen LogP contribution >= 0.6 is 0 Å². The lowest BCUT2D eigenvalue weighted by molar-refractivity contribution is -0.139. The second-order valence-corrected chi connectivity index (χ2v) is 11.4. The highest BCUT2D eigenvalue weighted by atomic mass is 32.2. The molecule has 3 aromatic rings. The van der Waals surface area contributed by atoms with Crippen LogP contribution in [0.5, 0.6) is 5.75 Å². The lowest BCUT2D eigenvalue weighted by atomic mass is 10.0. The van der Waals surface area contributed by atoms with Gasteiger partial charge in [-0.25, -0.2) is 8.42 Å². The zero-order valence-electron chi connectivity index (χ0n) is 23.1. The molecule has 0 fully saturated rings. The summed E-state index contributed by atoms with van der Waals surface area (Å²) in [4.78, 5) is 28.2. The highest BCUT2D eigenvalue weighted by molar-refractivity contribution is 7.92. The van der Waals surface area contributed by atoms with E-state index in [-0.39, 0.29) is 23.3 Å². The van der Waals surface area contributed by atoms with Gasteiger partial charge in [0.15, 0.2) is 0 Å². The number of amides is 2. The van der Waals surface area contributed by atoms with Crippen LogP contribution in [0.1, 0.15) is 44.7 Å². The van der Waals surface area contributed by atoms with Crippen molar-refractivity contribution in [2.45, 2.75) is 51.1 Å². The highest BCUT2D eigenvalue weighted by Gasteiger charge is 2.32. The fraction of sp³-hybridized carbons (Fsp3) is 0.333. The van der Waals surface area contributed by atoms with Gasteiger partial charge < -0.3 is 15.0 Å². The lowest BCUT2D eigenvalue weighted by Gasteiger charge is -2.32. The largest absolute Gasteiger partial charge is 0.497 e. The van der Waals surface area contributed by atoms with Gasteiger partial charge in [0.05, 0.1) is 17.7 Å². The molecule has 0 radical (unpaired) electrons. The van der Waals surface area contributed by atoms with E-state index in [1.54, 1.807) is 69.5 Å². The number of carbonyl (C=O) groups is 2. The summed E-state index contributed by atoms with van der Waals surface area (Å²) in [7, 11) is -2.54. The molecule has 0 aliphatic carbocycles. The first-order valence-corrected chi connectivity index (χ1v) is 14.4. The van der Waals surface area contributed by atoms with Crippen LogP contribution in [0, 0.1) is 0 Å². The Labute approximate surface area is 231 Å². The Bertz CT molecular complexity index is 1360. The van der Waals surface area contributed by atoms with Crippen molar-refractivity contribution in [3.05, 3.63) is 90.0 Å². The Morgan fingerprint density at radius 2 is 1.59 bits per heavy atom. The van der Waals surface area contributed by atoms with E-state index < -0.39 is 28.5 Å². The Morgan fingerprint density at radius 3 is 2.18 bits per heavy atom. The second kappa shape index (κ2) is 13.3. The number of ether oxygens (including phenoxy) is 1. The van der Waals surface area contributed by atoms with Crippen molar-refractivity contribution in [3.63, 3.8) is 0 Å². The van der Waals surface area contributed by atoms with Gasteiger partial charge in [-0.2, -0.15) is 0 Å². The van der Waals surface area contributed by atoms with Crippen LogP contribution < -0.4 is 14.4 Å². The van der Waals surface area contributed by atoms with Crippen molar-refractivity contribution in [2.24, 2.45) is 0 Å². The molecule has 39 heavy (non-hydrogen) atoms. The number of likely N-dealkylation sites (N-methyl/N-ethyl adjacent to an activating group) is 1. The number of benzene rings is 3. The molecule has 0 aromatic heterocycles. The van der Waals surface area contributed by atoms with E-state index in [0.29, 0.717) is 18.0 Å². The molecular formula is C30H37N3O5S. The van der Waals surface area contributed by atoms with Gasteiger partial charge in [0.1, 0.15) is 18.3 Å². The molecule has 0 saturated heterocycles. The normalized spacial score (nSPS) is 12.1. The van der Waals surface area contributed by atoms with Gasteiger partial charge in [0, 0.05) is 13.1 Å². The molecule has 0 saturated carbocycles. The highest BCUT2D eigenvalue weighted by Crippen LogP contribution is 2.27. The van der Waals surface area contributed by atoms with E-state index in [1.165, 1.54) is 17.0 Å². The maximum absolute atomic E-state index is 13.9. The number of sulfonamides is 1. The summed E-state index contributed by atoms with van der Waals surface area (Å²) in [6, 6.07) is 21.5. The number of nitrogens with zero attached hydrogens (tertiary/aromatic N) is 2. The van der Waals surface area contributed by atoms with E-state index in [4.69, 9.17) is 4.74 Å². The number of methoxy groups -OCH3 is 1. The predicted molar refractivity (Wildman–Crippen MR) is 153 cm³/mol. The third-order valence-corrected chi connectivity index (χ3v) is 8.25. The van der Waals surface area contributed by atoms with Gasteiger partial charge in [-0.05, 0) is 67.3 Å². The van der Waals surface area contributed by atoms with E-state index in [9.17, 15) is 18.0 Å². The van der Waals surface area contributed by atoms with Gasteiger partial charge in [0.2, 0.25) is 11.8 Å². The van der Waals surface area contributed by atoms with Crippen LogP contribution in [0.15, 0.2) is 83.8 Å². The average molecular weight is 552 g/mol. The monoisotopic (exact) mass is 551 g/mol. The van der Waals surface area contributed by atoms with Crippen LogP contribution in [-0.4, -0.2) is 51.4 Å². The molecule has 0 aliphatic rings. The molecule has 0 unspecified atom stereocenters. The average Bonchev–Trinajstić information content (AvgIpc) is 2.94. The predicted octanol–water partition coefficient (Wildman–Crippen LogP) is 4.57. The number of nitrogens with one attached hydrogen (secondary N) is 1. The Balaban J connectivity index is 2.03. The molecule has 0 aliphatic heterocycles. The Morgan fingerprint density at radius 1 is 0.923 bits per heavy atom. The number of hydrogen-bond acceptors (Lipinski definition) is 5.